The minimum Gasteiger partial charge on any atom is -0.481 e. The van der Waals surface area contributed by atoms with Gasteiger partial charge in [0.15, 0.2) is 0 Å². The van der Waals surface area contributed by atoms with Crippen LogP contribution in [0.15, 0.2) is 35.7 Å². The molecule has 2 amide bonds. The lowest BCUT2D eigenvalue weighted by atomic mass is 9.99. The summed E-state index contributed by atoms with van der Waals surface area (Å²) < 4.78 is 0. The van der Waals surface area contributed by atoms with Gasteiger partial charge >= 0.3 is 12.0 Å². The van der Waals surface area contributed by atoms with Gasteiger partial charge in [-0.1, -0.05) is 30.3 Å². The van der Waals surface area contributed by atoms with E-state index in [1.54, 1.807) is 4.90 Å². The fourth-order valence-electron chi connectivity index (χ4n) is 2.93. The van der Waals surface area contributed by atoms with Crippen molar-refractivity contribution in [1.29, 1.82) is 0 Å². The average molecular weight is 359 g/mol. The lowest BCUT2D eigenvalue weighted by Gasteiger charge is -2.31. The maximum atomic E-state index is 12.4. The van der Waals surface area contributed by atoms with Gasteiger partial charge < -0.3 is 15.3 Å². The summed E-state index contributed by atoms with van der Waals surface area (Å²) >= 11 is 1.51. The van der Waals surface area contributed by atoms with E-state index in [4.69, 9.17) is 5.11 Å². The number of carbonyl (C=O) groups is 2. The van der Waals surface area contributed by atoms with Crippen molar-refractivity contribution in [3.8, 4) is 11.3 Å². The van der Waals surface area contributed by atoms with Gasteiger partial charge in [0.25, 0.3) is 0 Å². The van der Waals surface area contributed by atoms with Crippen molar-refractivity contribution in [3.63, 3.8) is 0 Å². The summed E-state index contributed by atoms with van der Waals surface area (Å²) in [6, 6.07) is 9.45. The summed E-state index contributed by atoms with van der Waals surface area (Å²) in [6.45, 7) is 2.75. The van der Waals surface area contributed by atoms with Crippen LogP contribution in [-0.2, 0) is 4.79 Å². The Morgan fingerprint density at radius 3 is 2.84 bits per heavy atom. The standard InChI is InChI=1S/C18H21N3O3S/c1-12(16-20-15(11-25-16)13-6-3-2-4-7-13)19-18(24)21-9-5-8-14(10-21)17(22)23/h2-4,6-7,11-12,14H,5,8-10H2,1H3,(H,19,24)(H,22,23). The number of hydrogen-bond acceptors (Lipinski definition) is 4. The Kier molecular flexibility index (Phi) is 5.33. The fourth-order valence-corrected chi connectivity index (χ4v) is 3.76. The first-order valence-electron chi connectivity index (χ1n) is 8.33. The van der Waals surface area contributed by atoms with Crippen LogP contribution in [0.3, 0.4) is 0 Å². The highest BCUT2D eigenvalue weighted by atomic mass is 32.1. The minimum atomic E-state index is -0.835. The first-order chi connectivity index (χ1) is 12.0. The van der Waals surface area contributed by atoms with Crippen LogP contribution >= 0.6 is 11.3 Å². The Morgan fingerprint density at radius 2 is 2.12 bits per heavy atom. The normalized spacial score (nSPS) is 18.6. The van der Waals surface area contributed by atoms with Crippen molar-refractivity contribution in [2.24, 2.45) is 5.92 Å². The van der Waals surface area contributed by atoms with E-state index < -0.39 is 11.9 Å². The highest BCUT2D eigenvalue weighted by molar-refractivity contribution is 7.10. The predicted molar refractivity (Wildman–Crippen MR) is 96.4 cm³/mol. The van der Waals surface area contributed by atoms with Gasteiger partial charge in [-0.2, -0.15) is 0 Å². The van der Waals surface area contributed by atoms with Gasteiger partial charge in [-0.05, 0) is 19.8 Å². The number of carbonyl (C=O) groups excluding carboxylic acids is 1. The highest BCUT2D eigenvalue weighted by Gasteiger charge is 2.29. The van der Waals surface area contributed by atoms with E-state index in [9.17, 15) is 9.59 Å². The van der Waals surface area contributed by atoms with Crippen molar-refractivity contribution in [2.45, 2.75) is 25.8 Å². The van der Waals surface area contributed by atoms with E-state index in [0.717, 1.165) is 16.3 Å². The molecule has 2 N–H and O–H groups in total. The van der Waals surface area contributed by atoms with Gasteiger partial charge in [-0.25, -0.2) is 9.78 Å². The number of piperidine rings is 1. The molecule has 0 bridgehead atoms. The van der Waals surface area contributed by atoms with E-state index in [-0.39, 0.29) is 18.6 Å². The molecule has 2 heterocycles. The van der Waals surface area contributed by atoms with Crippen LogP contribution in [0, 0.1) is 5.92 Å². The summed E-state index contributed by atoms with van der Waals surface area (Å²) in [5.41, 5.74) is 1.94. The Morgan fingerprint density at radius 1 is 1.36 bits per heavy atom. The molecule has 0 aliphatic carbocycles. The zero-order valence-corrected chi connectivity index (χ0v) is 14.8. The Balaban J connectivity index is 1.62. The summed E-state index contributed by atoms with van der Waals surface area (Å²) in [4.78, 5) is 29.8. The molecule has 6 nitrogen and oxygen atoms in total. The quantitative estimate of drug-likeness (QED) is 0.877. The molecule has 0 radical (unpaired) electrons. The van der Waals surface area contributed by atoms with E-state index in [2.05, 4.69) is 10.3 Å². The molecule has 2 aromatic rings. The maximum absolute atomic E-state index is 12.4. The molecule has 132 valence electrons. The molecular formula is C18H21N3O3S. The molecule has 7 heteroatoms. The van der Waals surface area contributed by atoms with Crippen LogP contribution in [0.4, 0.5) is 4.79 Å². The molecule has 0 spiro atoms. The van der Waals surface area contributed by atoms with Crippen molar-refractivity contribution in [2.75, 3.05) is 13.1 Å². The number of nitrogens with one attached hydrogen (secondary N) is 1. The number of rotatable bonds is 4. The van der Waals surface area contributed by atoms with Crippen LogP contribution in [0.5, 0.6) is 0 Å². The Labute approximate surface area is 150 Å². The highest BCUT2D eigenvalue weighted by Crippen LogP contribution is 2.25. The van der Waals surface area contributed by atoms with Gasteiger partial charge in [-0.3, -0.25) is 4.79 Å². The minimum absolute atomic E-state index is 0.222. The number of likely N-dealkylation sites (tertiary alicyclic amines) is 1. The molecule has 1 fully saturated rings. The number of aromatic nitrogens is 1. The van der Waals surface area contributed by atoms with Gasteiger partial charge in [0.05, 0.1) is 17.7 Å². The maximum Gasteiger partial charge on any atom is 0.317 e. The van der Waals surface area contributed by atoms with Crippen molar-refractivity contribution < 1.29 is 14.7 Å². The number of carboxylic acids is 1. The van der Waals surface area contributed by atoms with Crippen molar-refractivity contribution in [3.05, 3.63) is 40.7 Å². The van der Waals surface area contributed by atoms with Crippen LogP contribution in [-0.4, -0.2) is 40.1 Å². The van der Waals surface area contributed by atoms with Crippen molar-refractivity contribution in [1.82, 2.24) is 15.2 Å². The van der Waals surface area contributed by atoms with Crippen LogP contribution < -0.4 is 5.32 Å². The number of aliphatic carboxylic acids is 1. The number of hydrogen-bond donors (Lipinski definition) is 2. The zero-order valence-electron chi connectivity index (χ0n) is 14.0. The second-order valence-electron chi connectivity index (χ2n) is 6.23. The summed E-state index contributed by atoms with van der Waals surface area (Å²) in [5.74, 6) is -1.31. The van der Waals surface area contributed by atoms with Crippen LogP contribution in [0.1, 0.15) is 30.8 Å². The number of carboxylic acid groups (broad SMARTS) is 1. The lowest BCUT2D eigenvalue weighted by molar-refractivity contribution is -0.143. The van der Waals surface area contributed by atoms with Crippen molar-refractivity contribution >= 4 is 23.3 Å². The molecular weight excluding hydrogens is 338 g/mol. The first-order valence-corrected chi connectivity index (χ1v) is 9.21. The molecule has 1 saturated heterocycles. The van der Waals surface area contributed by atoms with Gasteiger partial charge in [0, 0.05) is 24.0 Å². The Bertz CT molecular complexity index is 747. The fraction of sp³-hybridized carbons (Fsp3) is 0.389. The van der Waals surface area contributed by atoms with E-state index in [1.807, 2.05) is 42.6 Å². The third-order valence-corrected chi connectivity index (χ3v) is 5.39. The van der Waals surface area contributed by atoms with Gasteiger partial charge in [0.2, 0.25) is 0 Å². The number of urea groups is 1. The molecule has 1 aromatic carbocycles. The third kappa shape index (κ3) is 4.17. The Hall–Kier alpha value is -2.41. The SMILES string of the molecule is CC(NC(=O)N1CCCC(C(=O)O)C1)c1nc(-c2ccccc2)cs1. The lowest BCUT2D eigenvalue weighted by Crippen LogP contribution is -2.47. The van der Waals surface area contributed by atoms with Gasteiger partial charge in [0.1, 0.15) is 5.01 Å². The second kappa shape index (κ2) is 7.65. The van der Waals surface area contributed by atoms with Gasteiger partial charge in [-0.15, -0.1) is 11.3 Å². The van der Waals surface area contributed by atoms with Crippen LogP contribution in [0.2, 0.25) is 0 Å². The molecule has 1 aromatic heterocycles. The number of amides is 2. The second-order valence-corrected chi connectivity index (χ2v) is 7.12. The van der Waals surface area contributed by atoms with Crippen LogP contribution in [0.25, 0.3) is 11.3 Å². The molecule has 2 atom stereocenters. The molecule has 0 saturated carbocycles. The number of benzene rings is 1. The molecule has 1 aliphatic rings. The van der Waals surface area contributed by atoms with E-state index >= 15 is 0 Å². The molecule has 1 aliphatic heterocycles. The predicted octanol–water partition coefficient (Wildman–Crippen LogP) is 3.38. The first kappa shape index (κ1) is 17.4. The summed E-state index contributed by atoms with van der Waals surface area (Å²) in [7, 11) is 0. The molecule has 3 rings (SSSR count). The van der Waals surface area contributed by atoms with E-state index in [0.29, 0.717) is 19.4 Å². The smallest absolute Gasteiger partial charge is 0.317 e. The van der Waals surface area contributed by atoms with E-state index in [1.165, 1.54) is 11.3 Å². The topological polar surface area (TPSA) is 82.5 Å². The summed E-state index contributed by atoms with van der Waals surface area (Å²) in [5, 5.41) is 14.9. The molecule has 2 unspecified atom stereocenters. The summed E-state index contributed by atoms with van der Waals surface area (Å²) in [6.07, 6.45) is 1.34. The average Bonchev–Trinajstić information content (AvgIpc) is 3.13. The third-order valence-electron chi connectivity index (χ3n) is 4.36. The monoisotopic (exact) mass is 359 g/mol. The largest absolute Gasteiger partial charge is 0.481 e. The molecule has 25 heavy (non-hydrogen) atoms. The number of nitrogens with zero attached hydrogens (tertiary/aromatic N) is 2. The zero-order chi connectivity index (χ0) is 17.8. The number of thiazole rings is 1.